The fourth-order valence-corrected chi connectivity index (χ4v) is 3.20. The standard InChI is InChI=1S/C20H23ClN2O2/c21-18-9-4-8-17(14-18)20(24)22-10-5-11-23-12-13-25-19(15-23)16-6-2-1-3-7-16/h1-4,6-9,14,19H,5,10-13,15H2,(H,22,24). The van der Waals surface area contributed by atoms with Crippen molar-refractivity contribution in [2.45, 2.75) is 12.5 Å². The van der Waals surface area contributed by atoms with Gasteiger partial charge >= 0.3 is 0 Å². The first-order valence-electron chi connectivity index (χ1n) is 8.65. The quantitative estimate of drug-likeness (QED) is 0.803. The van der Waals surface area contributed by atoms with Crippen molar-refractivity contribution >= 4 is 17.5 Å². The fraction of sp³-hybridized carbons (Fsp3) is 0.350. The molecular formula is C20H23ClN2O2. The highest BCUT2D eigenvalue weighted by Crippen LogP contribution is 2.21. The first kappa shape index (κ1) is 17.9. The molecule has 4 nitrogen and oxygen atoms in total. The van der Waals surface area contributed by atoms with Gasteiger partial charge < -0.3 is 10.1 Å². The molecule has 1 amide bonds. The molecule has 1 fully saturated rings. The molecule has 1 N–H and O–H groups in total. The second-order valence-corrected chi connectivity index (χ2v) is 6.63. The minimum atomic E-state index is -0.0772. The number of hydrogen-bond donors (Lipinski definition) is 1. The van der Waals surface area contributed by atoms with Crippen molar-refractivity contribution in [1.82, 2.24) is 10.2 Å². The van der Waals surface area contributed by atoms with Crippen molar-refractivity contribution < 1.29 is 9.53 Å². The Balaban J connectivity index is 1.41. The number of ether oxygens (including phenoxy) is 1. The molecule has 0 saturated carbocycles. The lowest BCUT2D eigenvalue weighted by Crippen LogP contribution is -2.39. The summed E-state index contributed by atoms with van der Waals surface area (Å²) in [6.07, 6.45) is 1.05. The number of amides is 1. The lowest BCUT2D eigenvalue weighted by atomic mass is 10.1. The molecular weight excluding hydrogens is 336 g/mol. The summed E-state index contributed by atoms with van der Waals surface area (Å²) < 4.78 is 5.88. The molecule has 1 saturated heterocycles. The van der Waals surface area contributed by atoms with Crippen LogP contribution in [0.25, 0.3) is 0 Å². The number of rotatable bonds is 6. The van der Waals surface area contributed by atoms with Gasteiger partial charge in [0, 0.05) is 36.8 Å². The zero-order chi connectivity index (χ0) is 17.5. The van der Waals surface area contributed by atoms with Gasteiger partial charge in [-0.15, -0.1) is 0 Å². The predicted molar refractivity (Wildman–Crippen MR) is 100.0 cm³/mol. The molecule has 132 valence electrons. The summed E-state index contributed by atoms with van der Waals surface area (Å²) in [5.41, 5.74) is 1.82. The van der Waals surface area contributed by atoms with Gasteiger partial charge in [0.2, 0.25) is 0 Å². The number of nitrogens with one attached hydrogen (secondary N) is 1. The molecule has 0 aromatic heterocycles. The van der Waals surface area contributed by atoms with Gasteiger partial charge in [0.15, 0.2) is 0 Å². The van der Waals surface area contributed by atoms with Gasteiger partial charge in [-0.3, -0.25) is 9.69 Å². The minimum absolute atomic E-state index is 0.0772. The Morgan fingerprint density at radius 2 is 2.04 bits per heavy atom. The molecule has 0 aliphatic carbocycles. The number of hydrogen-bond acceptors (Lipinski definition) is 3. The Bertz CT molecular complexity index is 693. The Hall–Kier alpha value is -1.88. The maximum Gasteiger partial charge on any atom is 0.251 e. The van der Waals surface area contributed by atoms with E-state index < -0.39 is 0 Å². The third-order valence-electron chi connectivity index (χ3n) is 4.35. The topological polar surface area (TPSA) is 41.6 Å². The molecule has 2 aromatic rings. The van der Waals surface area contributed by atoms with Gasteiger partial charge in [0.05, 0.1) is 12.7 Å². The van der Waals surface area contributed by atoms with Gasteiger partial charge in [-0.25, -0.2) is 0 Å². The van der Waals surface area contributed by atoms with E-state index in [0.29, 0.717) is 17.1 Å². The second kappa shape index (κ2) is 8.99. The van der Waals surface area contributed by atoms with Gasteiger partial charge in [-0.1, -0.05) is 48.0 Å². The van der Waals surface area contributed by atoms with E-state index in [1.165, 1.54) is 5.56 Å². The first-order valence-corrected chi connectivity index (χ1v) is 9.03. The van der Waals surface area contributed by atoms with E-state index in [0.717, 1.165) is 32.7 Å². The van der Waals surface area contributed by atoms with Crippen LogP contribution in [0.15, 0.2) is 54.6 Å². The molecule has 5 heteroatoms. The molecule has 25 heavy (non-hydrogen) atoms. The van der Waals surface area contributed by atoms with Crippen LogP contribution in [0.4, 0.5) is 0 Å². The molecule has 1 aliphatic rings. The molecule has 1 unspecified atom stereocenters. The number of carbonyl (C=O) groups is 1. The molecule has 1 aliphatic heterocycles. The number of halogens is 1. The smallest absolute Gasteiger partial charge is 0.251 e. The van der Waals surface area contributed by atoms with Crippen molar-refractivity contribution in [1.29, 1.82) is 0 Å². The summed E-state index contributed by atoms with van der Waals surface area (Å²) in [4.78, 5) is 14.5. The lowest BCUT2D eigenvalue weighted by Gasteiger charge is -2.33. The van der Waals surface area contributed by atoms with E-state index in [4.69, 9.17) is 16.3 Å². The van der Waals surface area contributed by atoms with Gasteiger partial charge in [-0.2, -0.15) is 0 Å². The summed E-state index contributed by atoms with van der Waals surface area (Å²) in [6.45, 7) is 4.17. The van der Waals surface area contributed by atoms with Crippen molar-refractivity contribution in [3.05, 3.63) is 70.7 Å². The Morgan fingerprint density at radius 3 is 2.84 bits per heavy atom. The van der Waals surface area contributed by atoms with Crippen LogP contribution >= 0.6 is 11.6 Å². The molecule has 1 atom stereocenters. The van der Waals surface area contributed by atoms with Gasteiger partial charge in [0.25, 0.3) is 5.91 Å². The van der Waals surface area contributed by atoms with E-state index in [-0.39, 0.29) is 12.0 Å². The molecule has 1 heterocycles. The van der Waals surface area contributed by atoms with Crippen molar-refractivity contribution in [2.24, 2.45) is 0 Å². The lowest BCUT2D eigenvalue weighted by molar-refractivity contribution is -0.0301. The highest BCUT2D eigenvalue weighted by Gasteiger charge is 2.21. The maximum absolute atomic E-state index is 12.1. The van der Waals surface area contributed by atoms with Crippen LogP contribution in [0, 0.1) is 0 Å². The Labute approximate surface area is 153 Å². The normalized spacial score (nSPS) is 18.0. The van der Waals surface area contributed by atoms with Crippen LogP contribution in [0.3, 0.4) is 0 Å². The van der Waals surface area contributed by atoms with Crippen LogP contribution < -0.4 is 5.32 Å². The van der Waals surface area contributed by atoms with Crippen molar-refractivity contribution in [3.8, 4) is 0 Å². The zero-order valence-electron chi connectivity index (χ0n) is 14.2. The van der Waals surface area contributed by atoms with Crippen LogP contribution in [0.5, 0.6) is 0 Å². The average Bonchev–Trinajstić information content (AvgIpc) is 2.66. The van der Waals surface area contributed by atoms with E-state index in [1.807, 2.05) is 18.2 Å². The summed E-state index contributed by atoms with van der Waals surface area (Å²) in [6, 6.07) is 17.3. The second-order valence-electron chi connectivity index (χ2n) is 6.19. The van der Waals surface area contributed by atoms with Gasteiger partial charge in [0.1, 0.15) is 0 Å². The predicted octanol–water partition coefficient (Wildman–Crippen LogP) is 3.53. The van der Waals surface area contributed by atoms with E-state index in [9.17, 15) is 4.79 Å². The van der Waals surface area contributed by atoms with E-state index >= 15 is 0 Å². The molecule has 3 rings (SSSR count). The molecule has 0 bridgehead atoms. The monoisotopic (exact) mass is 358 g/mol. The third kappa shape index (κ3) is 5.30. The average molecular weight is 359 g/mol. The molecule has 0 radical (unpaired) electrons. The number of benzene rings is 2. The van der Waals surface area contributed by atoms with Crippen molar-refractivity contribution in [3.63, 3.8) is 0 Å². The number of carbonyl (C=O) groups excluding carboxylic acids is 1. The van der Waals surface area contributed by atoms with Crippen LogP contribution in [-0.4, -0.2) is 43.6 Å². The number of nitrogens with zero attached hydrogens (tertiary/aromatic N) is 1. The Kier molecular flexibility index (Phi) is 6.45. The SMILES string of the molecule is O=C(NCCCN1CCOC(c2ccccc2)C1)c1cccc(Cl)c1. The largest absolute Gasteiger partial charge is 0.371 e. The van der Waals surface area contributed by atoms with Crippen LogP contribution in [0.2, 0.25) is 5.02 Å². The first-order chi connectivity index (χ1) is 12.2. The highest BCUT2D eigenvalue weighted by molar-refractivity contribution is 6.30. The van der Waals surface area contributed by atoms with Gasteiger partial charge in [-0.05, 0) is 30.2 Å². The summed E-state index contributed by atoms with van der Waals surface area (Å²) >= 11 is 5.92. The van der Waals surface area contributed by atoms with Crippen LogP contribution in [-0.2, 0) is 4.74 Å². The number of morpholine rings is 1. The van der Waals surface area contributed by atoms with Crippen LogP contribution in [0.1, 0.15) is 28.4 Å². The summed E-state index contributed by atoms with van der Waals surface area (Å²) in [5.74, 6) is -0.0772. The minimum Gasteiger partial charge on any atom is -0.371 e. The van der Waals surface area contributed by atoms with E-state index in [2.05, 4.69) is 22.3 Å². The zero-order valence-corrected chi connectivity index (χ0v) is 14.9. The third-order valence-corrected chi connectivity index (χ3v) is 4.58. The maximum atomic E-state index is 12.1. The highest BCUT2D eigenvalue weighted by atomic mass is 35.5. The Morgan fingerprint density at radius 1 is 1.20 bits per heavy atom. The molecule has 0 spiro atoms. The fourth-order valence-electron chi connectivity index (χ4n) is 3.01. The molecule has 2 aromatic carbocycles. The van der Waals surface area contributed by atoms with Crippen molar-refractivity contribution in [2.75, 3.05) is 32.8 Å². The van der Waals surface area contributed by atoms with E-state index in [1.54, 1.807) is 24.3 Å². The summed E-state index contributed by atoms with van der Waals surface area (Å²) in [5, 5.41) is 3.53. The summed E-state index contributed by atoms with van der Waals surface area (Å²) in [7, 11) is 0.